The van der Waals surface area contributed by atoms with Crippen molar-refractivity contribution in [3.8, 4) is 0 Å². The summed E-state index contributed by atoms with van der Waals surface area (Å²) in [5, 5.41) is 6.69. The molecule has 0 aliphatic heterocycles. The van der Waals surface area contributed by atoms with E-state index in [1.165, 1.54) is 44.9 Å². The molecule has 21 heavy (non-hydrogen) atoms. The summed E-state index contributed by atoms with van der Waals surface area (Å²) in [4.78, 5) is 8.79. The van der Waals surface area contributed by atoms with Crippen LogP contribution in [0.15, 0.2) is 23.9 Å². The molecule has 0 saturated heterocycles. The number of rotatable bonds is 9. The molecule has 1 aliphatic carbocycles. The van der Waals surface area contributed by atoms with E-state index in [1.807, 2.05) is 12.3 Å². The van der Waals surface area contributed by atoms with E-state index in [1.54, 1.807) is 5.57 Å². The molecular weight excluding hydrogens is 260 g/mol. The van der Waals surface area contributed by atoms with Crippen molar-refractivity contribution < 1.29 is 0 Å². The van der Waals surface area contributed by atoms with Crippen molar-refractivity contribution in [2.24, 2.45) is 0 Å². The zero-order valence-corrected chi connectivity index (χ0v) is 13.2. The van der Waals surface area contributed by atoms with E-state index in [0.717, 1.165) is 31.3 Å². The summed E-state index contributed by atoms with van der Waals surface area (Å²) < 4.78 is 0. The molecule has 0 radical (unpaired) electrons. The molecule has 0 amide bonds. The van der Waals surface area contributed by atoms with Crippen LogP contribution in [-0.2, 0) is 0 Å². The van der Waals surface area contributed by atoms with E-state index < -0.39 is 0 Å². The van der Waals surface area contributed by atoms with Crippen LogP contribution in [0.25, 0.3) is 0 Å². The third kappa shape index (κ3) is 6.15. The van der Waals surface area contributed by atoms with Crippen molar-refractivity contribution in [1.82, 2.24) is 9.97 Å². The molecular formula is C17H28N4. The molecule has 0 aromatic carbocycles. The second kappa shape index (κ2) is 9.37. The number of nitrogens with zero attached hydrogens (tertiary/aromatic N) is 2. The Morgan fingerprint density at radius 2 is 2.10 bits per heavy atom. The van der Waals surface area contributed by atoms with E-state index in [4.69, 9.17) is 0 Å². The molecule has 116 valence electrons. The zero-order chi connectivity index (χ0) is 14.8. The first-order valence-corrected chi connectivity index (χ1v) is 8.37. The van der Waals surface area contributed by atoms with Crippen LogP contribution in [0.3, 0.4) is 0 Å². The Labute approximate surface area is 128 Å². The summed E-state index contributed by atoms with van der Waals surface area (Å²) in [5.74, 6) is 1.65. The fraction of sp³-hybridized carbons (Fsp3) is 0.647. The minimum Gasteiger partial charge on any atom is -0.370 e. The number of aromatic nitrogens is 2. The Morgan fingerprint density at radius 3 is 2.90 bits per heavy atom. The molecule has 0 unspecified atom stereocenters. The average Bonchev–Trinajstić information content (AvgIpc) is 2.53. The molecule has 0 saturated carbocycles. The van der Waals surface area contributed by atoms with Crippen LogP contribution in [0, 0.1) is 0 Å². The van der Waals surface area contributed by atoms with Crippen molar-refractivity contribution in [3.05, 3.63) is 23.9 Å². The number of allylic oxidation sites excluding steroid dienone is 1. The first kappa shape index (κ1) is 15.8. The van der Waals surface area contributed by atoms with Crippen molar-refractivity contribution in [2.45, 2.75) is 58.3 Å². The van der Waals surface area contributed by atoms with E-state index >= 15 is 0 Å². The van der Waals surface area contributed by atoms with Gasteiger partial charge in [-0.15, -0.1) is 0 Å². The second-order valence-corrected chi connectivity index (χ2v) is 5.68. The lowest BCUT2D eigenvalue weighted by atomic mass is 9.97. The average molecular weight is 288 g/mol. The van der Waals surface area contributed by atoms with Gasteiger partial charge in [0.15, 0.2) is 0 Å². The fourth-order valence-corrected chi connectivity index (χ4v) is 2.60. The number of anilines is 2. The standard InChI is InChI=1S/C17H28N4/c1-2-3-7-12-18-16-11-14-20-17(21-16)19-13-10-15-8-5-4-6-9-15/h8,11,14H,2-7,9-10,12-13H2,1H3,(H2,18,19,20,21). The Kier molecular flexibility index (Phi) is 7.05. The first-order chi connectivity index (χ1) is 10.4. The van der Waals surface area contributed by atoms with Gasteiger partial charge in [0.2, 0.25) is 5.95 Å². The Bertz CT molecular complexity index is 442. The highest BCUT2D eigenvalue weighted by molar-refractivity contribution is 5.39. The largest absolute Gasteiger partial charge is 0.370 e. The van der Waals surface area contributed by atoms with Crippen LogP contribution < -0.4 is 10.6 Å². The molecule has 0 bridgehead atoms. The summed E-state index contributed by atoms with van der Waals surface area (Å²) in [6.45, 7) is 4.12. The number of unbranched alkanes of at least 4 members (excludes halogenated alkanes) is 2. The van der Waals surface area contributed by atoms with Gasteiger partial charge in [-0.05, 0) is 44.6 Å². The molecule has 1 aliphatic rings. The SMILES string of the molecule is CCCCCNc1ccnc(NCCC2=CCCCC2)n1. The van der Waals surface area contributed by atoms with Crippen molar-refractivity contribution >= 4 is 11.8 Å². The molecule has 0 spiro atoms. The topological polar surface area (TPSA) is 49.8 Å². The van der Waals surface area contributed by atoms with Gasteiger partial charge in [-0.2, -0.15) is 4.98 Å². The van der Waals surface area contributed by atoms with Gasteiger partial charge >= 0.3 is 0 Å². The lowest BCUT2D eigenvalue weighted by molar-refractivity contribution is 0.679. The van der Waals surface area contributed by atoms with E-state index in [9.17, 15) is 0 Å². The minimum absolute atomic E-state index is 0.729. The molecule has 4 heteroatoms. The van der Waals surface area contributed by atoms with Crippen LogP contribution in [0.4, 0.5) is 11.8 Å². The van der Waals surface area contributed by atoms with Gasteiger partial charge in [-0.25, -0.2) is 4.98 Å². The smallest absolute Gasteiger partial charge is 0.224 e. The number of nitrogens with one attached hydrogen (secondary N) is 2. The maximum Gasteiger partial charge on any atom is 0.224 e. The Balaban J connectivity index is 1.71. The monoisotopic (exact) mass is 288 g/mol. The van der Waals surface area contributed by atoms with Gasteiger partial charge in [0.25, 0.3) is 0 Å². The van der Waals surface area contributed by atoms with Crippen LogP contribution in [0.5, 0.6) is 0 Å². The summed E-state index contributed by atoms with van der Waals surface area (Å²) in [6, 6.07) is 1.93. The van der Waals surface area contributed by atoms with Gasteiger partial charge in [-0.3, -0.25) is 0 Å². The van der Waals surface area contributed by atoms with E-state index in [2.05, 4.69) is 33.6 Å². The summed E-state index contributed by atoms with van der Waals surface area (Å²) in [7, 11) is 0. The van der Waals surface area contributed by atoms with Crippen LogP contribution >= 0.6 is 0 Å². The number of hydrogen-bond donors (Lipinski definition) is 2. The summed E-state index contributed by atoms with van der Waals surface area (Å²) >= 11 is 0. The predicted molar refractivity (Wildman–Crippen MR) is 89.7 cm³/mol. The summed E-state index contributed by atoms with van der Waals surface area (Å²) in [6.07, 6.45) is 14.2. The fourth-order valence-electron chi connectivity index (χ4n) is 2.60. The maximum absolute atomic E-state index is 4.50. The molecule has 0 fully saturated rings. The third-order valence-electron chi connectivity index (χ3n) is 3.86. The van der Waals surface area contributed by atoms with Crippen molar-refractivity contribution in [2.75, 3.05) is 23.7 Å². The van der Waals surface area contributed by atoms with Gasteiger partial charge < -0.3 is 10.6 Å². The van der Waals surface area contributed by atoms with Gasteiger partial charge in [0.1, 0.15) is 5.82 Å². The molecule has 1 heterocycles. The maximum atomic E-state index is 4.50. The van der Waals surface area contributed by atoms with Gasteiger partial charge in [-0.1, -0.05) is 31.4 Å². The predicted octanol–water partition coefficient (Wildman–Crippen LogP) is 4.38. The minimum atomic E-state index is 0.729. The van der Waals surface area contributed by atoms with Crippen LogP contribution in [-0.4, -0.2) is 23.1 Å². The Morgan fingerprint density at radius 1 is 1.14 bits per heavy atom. The van der Waals surface area contributed by atoms with E-state index in [0.29, 0.717) is 0 Å². The first-order valence-electron chi connectivity index (χ1n) is 8.37. The van der Waals surface area contributed by atoms with Crippen molar-refractivity contribution in [3.63, 3.8) is 0 Å². The molecule has 4 nitrogen and oxygen atoms in total. The highest BCUT2D eigenvalue weighted by atomic mass is 15.1. The number of hydrogen-bond acceptors (Lipinski definition) is 4. The highest BCUT2D eigenvalue weighted by Gasteiger charge is 2.04. The van der Waals surface area contributed by atoms with E-state index in [-0.39, 0.29) is 0 Å². The zero-order valence-electron chi connectivity index (χ0n) is 13.2. The third-order valence-corrected chi connectivity index (χ3v) is 3.86. The lowest BCUT2D eigenvalue weighted by Crippen LogP contribution is -2.09. The molecule has 1 aromatic heterocycles. The van der Waals surface area contributed by atoms with Crippen LogP contribution in [0.2, 0.25) is 0 Å². The summed E-state index contributed by atoms with van der Waals surface area (Å²) in [5.41, 5.74) is 1.59. The molecule has 1 aromatic rings. The lowest BCUT2D eigenvalue weighted by Gasteiger charge is -2.13. The Hall–Kier alpha value is -1.58. The molecule has 2 rings (SSSR count). The second-order valence-electron chi connectivity index (χ2n) is 5.68. The highest BCUT2D eigenvalue weighted by Crippen LogP contribution is 2.19. The van der Waals surface area contributed by atoms with Gasteiger partial charge in [0.05, 0.1) is 0 Å². The van der Waals surface area contributed by atoms with Crippen LogP contribution in [0.1, 0.15) is 58.3 Å². The molecule has 0 atom stereocenters. The molecule has 2 N–H and O–H groups in total. The van der Waals surface area contributed by atoms with Crippen molar-refractivity contribution in [1.29, 1.82) is 0 Å². The van der Waals surface area contributed by atoms with Gasteiger partial charge in [0, 0.05) is 19.3 Å². The normalized spacial score (nSPS) is 14.6. The quantitative estimate of drug-likeness (QED) is 0.523.